The first-order valence-electron chi connectivity index (χ1n) is 6.15. The maximum Gasteiger partial charge on any atom is 0.200 e. The summed E-state index contributed by atoms with van der Waals surface area (Å²) >= 11 is 0. The second kappa shape index (κ2) is 6.28. The summed E-state index contributed by atoms with van der Waals surface area (Å²) in [5.74, 6) is -0.763. The lowest BCUT2D eigenvalue weighted by atomic mass is 10.2. The average molecular weight is 302 g/mol. The third-order valence-electron chi connectivity index (χ3n) is 2.69. The fourth-order valence-corrected chi connectivity index (χ4v) is 2.66. The monoisotopic (exact) mass is 302 g/mol. The van der Waals surface area contributed by atoms with Gasteiger partial charge in [0, 0.05) is 11.1 Å². The Kier molecular flexibility index (Phi) is 4.45. The fourth-order valence-electron chi connectivity index (χ4n) is 1.70. The van der Waals surface area contributed by atoms with Gasteiger partial charge < -0.3 is 10.2 Å². The zero-order valence-corrected chi connectivity index (χ0v) is 11.9. The standard InChI is InChI=1S/C16H14O4S/c17-15(13-7-3-1-4-8-13)11-21(19,20)12-16(18)14-9-5-2-6-10-14/h1-12,17-18H. The average Bonchev–Trinajstić information content (AvgIpc) is 2.48. The molecule has 0 saturated heterocycles. The molecule has 0 aromatic heterocycles. The molecule has 2 aromatic carbocycles. The molecule has 0 aliphatic heterocycles. The van der Waals surface area contributed by atoms with Crippen LogP contribution in [0.15, 0.2) is 71.5 Å². The van der Waals surface area contributed by atoms with Gasteiger partial charge in [0.15, 0.2) is 9.84 Å². The molecule has 0 radical (unpaired) electrons. The molecule has 5 heteroatoms. The number of hydrogen-bond donors (Lipinski definition) is 2. The summed E-state index contributed by atoms with van der Waals surface area (Å²) in [6.45, 7) is 0. The van der Waals surface area contributed by atoms with E-state index in [0.29, 0.717) is 21.9 Å². The normalized spacial score (nSPS) is 13.1. The zero-order valence-electron chi connectivity index (χ0n) is 11.0. The molecule has 0 unspecified atom stereocenters. The third kappa shape index (κ3) is 4.22. The van der Waals surface area contributed by atoms with Gasteiger partial charge in [-0.05, 0) is 0 Å². The van der Waals surface area contributed by atoms with Crippen molar-refractivity contribution >= 4 is 21.4 Å². The van der Waals surface area contributed by atoms with Crippen molar-refractivity contribution < 1.29 is 18.6 Å². The minimum Gasteiger partial charge on any atom is -0.507 e. The molecule has 0 heterocycles. The highest BCUT2D eigenvalue weighted by atomic mass is 32.2. The Morgan fingerprint density at radius 1 is 0.714 bits per heavy atom. The van der Waals surface area contributed by atoms with Crippen LogP contribution in [0.5, 0.6) is 0 Å². The van der Waals surface area contributed by atoms with Crippen LogP contribution in [0.2, 0.25) is 0 Å². The molecule has 21 heavy (non-hydrogen) atoms. The predicted octanol–water partition coefficient (Wildman–Crippen LogP) is 3.51. The van der Waals surface area contributed by atoms with E-state index in [1.807, 2.05) is 0 Å². The lowest BCUT2D eigenvalue weighted by Crippen LogP contribution is -1.95. The van der Waals surface area contributed by atoms with Gasteiger partial charge in [-0.2, -0.15) is 0 Å². The SMILES string of the molecule is O=S(=O)(C=C(O)c1ccccc1)C=C(O)c1ccccc1. The molecule has 0 fully saturated rings. The van der Waals surface area contributed by atoms with Crippen molar-refractivity contribution in [2.75, 3.05) is 0 Å². The molecule has 0 aliphatic rings. The Morgan fingerprint density at radius 3 is 1.38 bits per heavy atom. The van der Waals surface area contributed by atoms with Crippen molar-refractivity contribution in [2.24, 2.45) is 0 Å². The molecular weight excluding hydrogens is 288 g/mol. The molecule has 0 spiro atoms. The topological polar surface area (TPSA) is 74.6 Å². The smallest absolute Gasteiger partial charge is 0.200 e. The van der Waals surface area contributed by atoms with Crippen LogP contribution in [0.3, 0.4) is 0 Å². The highest BCUT2D eigenvalue weighted by Crippen LogP contribution is 2.16. The van der Waals surface area contributed by atoms with E-state index < -0.39 is 9.84 Å². The molecule has 2 rings (SSSR count). The minimum absolute atomic E-state index is 0.382. The van der Waals surface area contributed by atoms with Crippen molar-refractivity contribution in [3.63, 3.8) is 0 Å². The van der Waals surface area contributed by atoms with Crippen molar-refractivity contribution in [1.82, 2.24) is 0 Å². The second-order valence-electron chi connectivity index (χ2n) is 4.33. The summed E-state index contributed by atoms with van der Waals surface area (Å²) in [7, 11) is -3.90. The van der Waals surface area contributed by atoms with E-state index in [1.165, 1.54) is 0 Å². The maximum absolute atomic E-state index is 11.9. The minimum atomic E-state index is -3.90. The van der Waals surface area contributed by atoms with E-state index in [0.717, 1.165) is 0 Å². The van der Waals surface area contributed by atoms with E-state index in [2.05, 4.69) is 0 Å². The van der Waals surface area contributed by atoms with Gasteiger partial charge in [-0.1, -0.05) is 60.7 Å². The van der Waals surface area contributed by atoms with E-state index in [-0.39, 0.29) is 11.5 Å². The fraction of sp³-hybridized carbons (Fsp3) is 0. The van der Waals surface area contributed by atoms with Crippen LogP contribution in [-0.4, -0.2) is 18.6 Å². The van der Waals surface area contributed by atoms with Gasteiger partial charge in [-0.25, -0.2) is 8.42 Å². The molecular formula is C16H14O4S. The maximum atomic E-state index is 11.9. The Hall–Kier alpha value is -2.53. The number of hydrogen-bond acceptors (Lipinski definition) is 4. The summed E-state index contributed by atoms with van der Waals surface area (Å²) in [5.41, 5.74) is 0.766. The largest absolute Gasteiger partial charge is 0.507 e. The number of aliphatic hydroxyl groups is 2. The van der Waals surface area contributed by atoms with Crippen LogP contribution >= 0.6 is 0 Å². The summed E-state index contributed by atoms with van der Waals surface area (Å²) < 4.78 is 23.9. The Labute approximate surface area is 123 Å². The van der Waals surface area contributed by atoms with Gasteiger partial charge in [-0.15, -0.1) is 0 Å². The summed E-state index contributed by atoms with van der Waals surface area (Å²) in [6.07, 6.45) is 0. The van der Waals surface area contributed by atoms with Gasteiger partial charge in [0.1, 0.15) is 11.5 Å². The summed E-state index contributed by atoms with van der Waals surface area (Å²) in [6, 6.07) is 16.6. The van der Waals surface area contributed by atoms with Crippen LogP contribution in [-0.2, 0) is 9.84 Å². The van der Waals surface area contributed by atoms with E-state index in [4.69, 9.17) is 0 Å². The van der Waals surface area contributed by atoms with Crippen molar-refractivity contribution in [3.8, 4) is 0 Å². The molecule has 2 aromatic rings. The van der Waals surface area contributed by atoms with E-state index in [1.54, 1.807) is 60.7 Å². The predicted molar refractivity (Wildman–Crippen MR) is 83.0 cm³/mol. The highest BCUT2D eigenvalue weighted by Gasteiger charge is 2.10. The molecule has 4 nitrogen and oxygen atoms in total. The lowest BCUT2D eigenvalue weighted by Gasteiger charge is -2.01. The van der Waals surface area contributed by atoms with Crippen LogP contribution in [0.4, 0.5) is 0 Å². The Balaban J connectivity index is 2.31. The highest BCUT2D eigenvalue weighted by molar-refractivity contribution is 7.97. The van der Waals surface area contributed by atoms with Gasteiger partial charge in [-0.3, -0.25) is 0 Å². The molecule has 0 aliphatic carbocycles. The first kappa shape index (κ1) is 14.9. The number of benzene rings is 2. The lowest BCUT2D eigenvalue weighted by molar-refractivity contribution is 0.511. The van der Waals surface area contributed by atoms with E-state index in [9.17, 15) is 18.6 Å². The molecule has 0 amide bonds. The number of rotatable bonds is 4. The number of aliphatic hydroxyl groups excluding tert-OH is 2. The molecule has 0 saturated carbocycles. The van der Waals surface area contributed by atoms with Crippen LogP contribution in [0.1, 0.15) is 11.1 Å². The Bertz CT molecular complexity index is 699. The molecule has 108 valence electrons. The van der Waals surface area contributed by atoms with Crippen molar-refractivity contribution in [3.05, 3.63) is 82.6 Å². The van der Waals surface area contributed by atoms with Crippen LogP contribution in [0, 0.1) is 0 Å². The third-order valence-corrected chi connectivity index (χ3v) is 3.79. The van der Waals surface area contributed by atoms with Crippen molar-refractivity contribution in [2.45, 2.75) is 0 Å². The van der Waals surface area contributed by atoms with Gasteiger partial charge in [0.2, 0.25) is 0 Å². The summed E-state index contributed by atoms with van der Waals surface area (Å²) in [4.78, 5) is 0. The van der Waals surface area contributed by atoms with E-state index >= 15 is 0 Å². The molecule has 0 atom stereocenters. The van der Waals surface area contributed by atoms with Gasteiger partial charge in [0.05, 0.1) is 10.8 Å². The van der Waals surface area contributed by atoms with Gasteiger partial charge in [0.25, 0.3) is 0 Å². The number of sulfone groups is 1. The first-order chi connectivity index (χ1) is 9.98. The molecule has 2 N–H and O–H groups in total. The van der Waals surface area contributed by atoms with Crippen LogP contribution < -0.4 is 0 Å². The zero-order chi connectivity index (χ0) is 15.3. The Morgan fingerprint density at radius 2 is 1.05 bits per heavy atom. The second-order valence-corrected chi connectivity index (χ2v) is 5.98. The summed E-state index contributed by atoms with van der Waals surface area (Å²) in [5, 5.41) is 21.0. The van der Waals surface area contributed by atoms with Crippen molar-refractivity contribution in [1.29, 1.82) is 0 Å². The van der Waals surface area contributed by atoms with Gasteiger partial charge >= 0.3 is 0 Å². The molecule has 0 bridgehead atoms. The van der Waals surface area contributed by atoms with Crippen LogP contribution in [0.25, 0.3) is 11.5 Å². The first-order valence-corrected chi connectivity index (χ1v) is 7.76. The quantitative estimate of drug-likeness (QED) is 0.847.